The molecule has 0 aliphatic carbocycles. The summed E-state index contributed by atoms with van der Waals surface area (Å²) in [6, 6.07) is 15.2. The standard InChI is InChI=1S/C21H30N4O2S.HI/c1-16-10-12-17(13-11-16)14-23-20(22-5)24-15-18-8-6-7-9-19(18)28(26,27)25-21(2,3)4;/h6-13,25H,14-15H2,1-5H3,(H2,22,23,24);1H. The first-order valence-corrected chi connectivity index (χ1v) is 10.7. The van der Waals surface area contributed by atoms with E-state index in [1.165, 1.54) is 5.56 Å². The van der Waals surface area contributed by atoms with E-state index >= 15 is 0 Å². The fourth-order valence-corrected chi connectivity index (χ4v) is 4.32. The van der Waals surface area contributed by atoms with Crippen molar-refractivity contribution in [1.29, 1.82) is 0 Å². The Morgan fingerprint density at radius 3 is 2.14 bits per heavy atom. The predicted octanol–water partition coefficient (Wildman–Crippen LogP) is 3.56. The summed E-state index contributed by atoms with van der Waals surface area (Å²) in [6.07, 6.45) is 0. The summed E-state index contributed by atoms with van der Waals surface area (Å²) in [5, 5.41) is 6.44. The van der Waals surface area contributed by atoms with Gasteiger partial charge in [-0.25, -0.2) is 13.1 Å². The third-order valence-electron chi connectivity index (χ3n) is 3.95. The number of nitrogens with zero attached hydrogens (tertiary/aromatic N) is 1. The molecule has 0 radical (unpaired) electrons. The van der Waals surface area contributed by atoms with Crippen molar-refractivity contribution < 1.29 is 8.42 Å². The SMILES string of the molecule is CN=C(NCc1ccc(C)cc1)NCc1ccccc1S(=O)(=O)NC(C)(C)C.I. The molecule has 0 bridgehead atoms. The Labute approximate surface area is 191 Å². The van der Waals surface area contributed by atoms with Crippen LogP contribution in [-0.2, 0) is 23.1 Å². The van der Waals surface area contributed by atoms with Crippen LogP contribution in [-0.4, -0.2) is 27.0 Å². The first-order valence-electron chi connectivity index (χ1n) is 9.23. The summed E-state index contributed by atoms with van der Waals surface area (Å²) >= 11 is 0. The normalized spacial score (nSPS) is 12.2. The second-order valence-corrected chi connectivity index (χ2v) is 9.38. The molecule has 160 valence electrons. The van der Waals surface area contributed by atoms with Crippen molar-refractivity contribution in [1.82, 2.24) is 15.4 Å². The van der Waals surface area contributed by atoms with Crippen LogP contribution < -0.4 is 15.4 Å². The van der Waals surface area contributed by atoms with Crippen molar-refractivity contribution in [3.05, 3.63) is 65.2 Å². The average Bonchev–Trinajstić information content (AvgIpc) is 2.61. The van der Waals surface area contributed by atoms with E-state index in [0.29, 0.717) is 24.6 Å². The number of hydrogen-bond donors (Lipinski definition) is 3. The molecule has 3 N–H and O–H groups in total. The molecule has 0 atom stereocenters. The monoisotopic (exact) mass is 530 g/mol. The lowest BCUT2D eigenvalue weighted by Gasteiger charge is -2.22. The zero-order valence-electron chi connectivity index (χ0n) is 17.6. The molecule has 0 aromatic heterocycles. The lowest BCUT2D eigenvalue weighted by Crippen LogP contribution is -2.41. The highest BCUT2D eigenvalue weighted by Gasteiger charge is 2.24. The number of halogens is 1. The molecule has 2 aromatic carbocycles. The molecule has 0 aliphatic heterocycles. The van der Waals surface area contributed by atoms with Gasteiger partial charge in [0, 0.05) is 25.7 Å². The second kappa shape index (κ2) is 10.9. The number of sulfonamides is 1. The average molecular weight is 530 g/mol. The maximum atomic E-state index is 12.7. The van der Waals surface area contributed by atoms with E-state index in [9.17, 15) is 8.42 Å². The molecular weight excluding hydrogens is 499 g/mol. The van der Waals surface area contributed by atoms with Gasteiger partial charge in [0.05, 0.1) is 4.90 Å². The molecule has 0 saturated heterocycles. The lowest BCUT2D eigenvalue weighted by atomic mass is 10.1. The van der Waals surface area contributed by atoms with E-state index in [0.717, 1.165) is 5.56 Å². The number of aliphatic imine (C=N–C) groups is 1. The van der Waals surface area contributed by atoms with Gasteiger partial charge in [-0.3, -0.25) is 4.99 Å². The van der Waals surface area contributed by atoms with Crippen molar-refractivity contribution in [2.24, 2.45) is 4.99 Å². The molecule has 0 fully saturated rings. The minimum Gasteiger partial charge on any atom is -0.352 e. The van der Waals surface area contributed by atoms with Gasteiger partial charge >= 0.3 is 0 Å². The molecule has 2 rings (SSSR count). The summed E-state index contributed by atoms with van der Waals surface area (Å²) in [4.78, 5) is 4.49. The van der Waals surface area contributed by atoms with Crippen molar-refractivity contribution in [2.75, 3.05) is 7.05 Å². The smallest absolute Gasteiger partial charge is 0.241 e. The Bertz CT molecular complexity index is 920. The van der Waals surface area contributed by atoms with E-state index in [-0.39, 0.29) is 28.9 Å². The van der Waals surface area contributed by atoms with Gasteiger partial charge in [0.25, 0.3) is 0 Å². The van der Waals surface area contributed by atoms with Gasteiger partial charge in [-0.05, 0) is 44.9 Å². The second-order valence-electron chi connectivity index (χ2n) is 7.73. The Balaban J connectivity index is 0.00000420. The van der Waals surface area contributed by atoms with Gasteiger partial charge in [0.15, 0.2) is 5.96 Å². The largest absolute Gasteiger partial charge is 0.352 e. The zero-order valence-corrected chi connectivity index (χ0v) is 20.8. The minimum absolute atomic E-state index is 0. The van der Waals surface area contributed by atoms with Crippen molar-refractivity contribution >= 4 is 40.0 Å². The summed E-state index contributed by atoms with van der Waals surface area (Å²) in [7, 11) is -1.92. The van der Waals surface area contributed by atoms with Gasteiger partial charge in [-0.1, -0.05) is 48.0 Å². The summed E-state index contributed by atoms with van der Waals surface area (Å²) in [5.74, 6) is 0.608. The molecule has 0 saturated carbocycles. The maximum absolute atomic E-state index is 12.7. The van der Waals surface area contributed by atoms with E-state index in [4.69, 9.17) is 0 Å². The molecule has 29 heavy (non-hydrogen) atoms. The van der Waals surface area contributed by atoms with Crippen LogP contribution in [0.15, 0.2) is 58.4 Å². The first kappa shape index (κ1) is 25.4. The number of aryl methyl sites for hydroxylation is 1. The van der Waals surface area contributed by atoms with Crippen molar-refractivity contribution in [2.45, 2.75) is 51.2 Å². The molecule has 0 aliphatic rings. The van der Waals surface area contributed by atoms with Gasteiger partial charge in [0.1, 0.15) is 0 Å². The number of rotatable bonds is 6. The number of hydrogen-bond acceptors (Lipinski definition) is 3. The zero-order chi connectivity index (χ0) is 20.8. The number of guanidine groups is 1. The van der Waals surface area contributed by atoms with Gasteiger partial charge in [0.2, 0.25) is 10.0 Å². The molecule has 0 unspecified atom stereocenters. The Morgan fingerprint density at radius 2 is 1.55 bits per heavy atom. The summed E-state index contributed by atoms with van der Waals surface area (Å²) < 4.78 is 28.2. The Morgan fingerprint density at radius 1 is 0.966 bits per heavy atom. The molecule has 0 spiro atoms. The van der Waals surface area contributed by atoms with Crippen molar-refractivity contribution in [3.8, 4) is 0 Å². The highest BCUT2D eigenvalue weighted by molar-refractivity contribution is 14.0. The first-order chi connectivity index (χ1) is 13.1. The lowest BCUT2D eigenvalue weighted by molar-refractivity contribution is 0.491. The van der Waals surface area contributed by atoms with Crippen LogP contribution in [0.4, 0.5) is 0 Å². The quantitative estimate of drug-likeness (QED) is 0.303. The molecule has 0 amide bonds. The van der Waals surface area contributed by atoms with Gasteiger partial charge in [-0.15, -0.1) is 24.0 Å². The molecule has 6 nitrogen and oxygen atoms in total. The van der Waals surface area contributed by atoms with Gasteiger partial charge < -0.3 is 10.6 Å². The molecule has 0 heterocycles. The van der Waals surface area contributed by atoms with E-state index in [2.05, 4.69) is 51.5 Å². The van der Waals surface area contributed by atoms with Crippen LogP contribution in [0.1, 0.15) is 37.5 Å². The van der Waals surface area contributed by atoms with Gasteiger partial charge in [-0.2, -0.15) is 0 Å². The Kier molecular flexibility index (Phi) is 9.57. The fraction of sp³-hybridized carbons (Fsp3) is 0.381. The third kappa shape index (κ3) is 8.31. The minimum atomic E-state index is -3.61. The summed E-state index contributed by atoms with van der Waals surface area (Å²) in [6.45, 7) is 8.49. The molecule has 2 aromatic rings. The van der Waals surface area contributed by atoms with Crippen LogP contribution in [0.25, 0.3) is 0 Å². The highest BCUT2D eigenvalue weighted by Crippen LogP contribution is 2.17. The molecular formula is C21H31IN4O2S. The van der Waals surface area contributed by atoms with Crippen LogP contribution in [0.5, 0.6) is 0 Å². The third-order valence-corrected chi connectivity index (χ3v) is 5.81. The predicted molar refractivity (Wildman–Crippen MR) is 130 cm³/mol. The van der Waals surface area contributed by atoms with E-state index < -0.39 is 15.6 Å². The molecule has 8 heteroatoms. The Hall–Kier alpha value is -1.65. The topological polar surface area (TPSA) is 82.6 Å². The van der Waals surface area contributed by atoms with Crippen LogP contribution in [0, 0.1) is 6.92 Å². The van der Waals surface area contributed by atoms with Crippen LogP contribution in [0.2, 0.25) is 0 Å². The maximum Gasteiger partial charge on any atom is 0.241 e. The van der Waals surface area contributed by atoms with E-state index in [1.807, 2.05) is 26.8 Å². The van der Waals surface area contributed by atoms with Crippen LogP contribution >= 0.6 is 24.0 Å². The van der Waals surface area contributed by atoms with E-state index in [1.54, 1.807) is 25.2 Å². The fourth-order valence-electron chi connectivity index (χ4n) is 2.66. The van der Waals surface area contributed by atoms with Crippen LogP contribution in [0.3, 0.4) is 0 Å². The van der Waals surface area contributed by atoms with Crippen molar-refractivity contribution in [3.63, 3.8) is 0 Å². The highest BCUT2D eigenvalue weighted by atomic mass is 127. The number of nitrogens with one attached hydrogen (secondary N) is 3. The summed E-state index contributed by atoms with van der Waals surface area (Å²) in [5.41, 5.74) is 2.49. The number of benzene rings is 2.